The highest BCUT2D eigenvalue weighted by atomic mass is 79.9. The van der Waals surface area contributed by atoms with Gasteiger partial charge in [0.15, 0.2) is 0 Å². The smallest absolute Gasteiger partial charge is 0.241 e. The number of rotatable bonds is 8. The molecular formula is C27H30BrN5O3. The van der Waals surface area contributed by atoms with Crippen molar-refractivity contribution in [2.24, 2.45) is 5.92 Å². The number of hydrogen-bond donors (Lipinski definition) is 1. The lowest BCUT2D eigenvalue weighted by Crippen LogP contribution is -2.42. The van der Waals surface area contributed by atoms with Gasteiger partial charge in [0.1, 0.15) is 0 Å². The second-order valence-electron chi connectivity index (χ2n) is 9.55. The van der Waals surface area contributed by atoms with Crippen LogP contribution in [0.3, 0.4) is 0 Å². The van der Waals surface area contributed by atoms with Crippen LogP contribution < -0.4 is 5.32 Å². The van der Waals surface area contributed by atoms with Crippen LogP contribution in [0.5, 0.6) is 0 Å². The van der Waals surface area contributed by atoms with Crippen molar-refractivity contribution in [3.63, 3.8) is 0 Å². The topological polar surface area (TPSA) is 91.6 Å². The molecule has 3 aromatic rings. The van der Waals surface area contributed by atoms with E-state index in [-0.39, 0.29) is 17.7 Å². The third-order valence-electron chi connectivity index (χ3n) is 6.79. The fraction of sp³-hybridized carbons (Fsp3) is 0.407. The van der Waals surface area contributed by atoms with E-state index < -0.39 is 0 Å². The van der Waals surface area contributed by atoms with Crippen LogP contribution in [-0.2, 0) is 29.2 Å². The molecule has 8 nitrogen and oxygen atoms in total. The van der Waals surface area contributed by atoms with Gasteiger partial charge in [-0.3, -0.25) is 14.5 Å². The molecular weight excluding hydrogens is 522 g/mol. The monoisotopic (exact) mass is 551 g/mol. The van der Waals surface area contributed by atoms with E-state index in [4.69, 9.17) is 4.52 Å². The van der Waals surface area contributed by atoms with Crippen LogP contribution in [0.15, 0.2) is 57.5 Å². The maximum absolute atomic E-state index is 13.0. The number of carbonyl (C=O) groups excluding carboxylic acids is 2. The molecule has 0 aliphatic carbocycles. The summed E-state index contributed by atoms with van der Waals surface area (Å²) in [5, 5.41) is 7.23. The molecule has 2 aliphatic heterocycles. The molecule has 36 heavy (non-hydrogen) atoms. The van der Waals surface area contributed by atoms with E-state index in [1.165, 1.54) is 0 Å². The van der Waals surface area contributed by atoms with Crippen molar-refractivity contribution in [1.82, 2.24) is 25.3 Å². The van der Waals surface area contributed by atoms with Crippen molar-refractivity contribution in [2.45, 2.75) is 45.3 Å². The summed E-state index contributed by atoms with van der Waals surface area (Å²) >= 11 is 3.47. The van der Waals surface area contributed by atoms with Crippen molar-refractivity contribution < 1.29 is 14.1 Å². The normalized spacial score (nSPS) is 18.5. The average molecular weight is 552 g/mol. The van der Waals surface area contributed by atoms with Crippen LogP contribution in [0.4, 0.5) is 0 Å². The lowest BCUT2D eigenvalue weighted by molar-refractivity contribution is -0.128. The van der Waals surface area contributed by atoms with Gasteiger partial charge in [0.05, 0.1) is 12.5 Å². The van der Waals surface area contributed by atoms with Crippen molar-refractivity contribution in [2.75, 3.05) is 19.6 Å². The largest absolute Gasteiger partial charge is 0.352 e. The number of likely N-dealkylation sites (tertiary alicyclic amines) is 2. The fourth-order valence-corrected chi connectivity index (χ4v) is 5.33. The molecule has 2 aliphatic rings. The van der Waals surface area contributed by atoms with Gasteiger partial charge in [0.25, 0.3) is 0 Å². The molecule has 2 amide bonds. The number of amides is 2. The Kier molecular flexibility index (Phi) is 7.77. The van der Waals surface area contributed by atoms with Crippen LogP contribution in [0.25, 0.3) is 11.4 Å². The van der Waals surface area contributed by atoms with E-state index >= 15 is 0 Å². The molecule has 2 aromatic carbocycles. The zero-order chi connectivity index (χ0) is 24.9. The Morgan fingerprint density at radius 2 is 1.94 bits per heavy atom. The minimum atomic E-state index is -0.0726. The highest BCUT2D eigenvalue weighted by molar-refractivity contribution is 9.10. The Labute approximate surface area is 219 Å². The molecule has 2 saturated heterocycles. The third kappa shape index (κ3) is 6.20. The molecule has 1 N–H and O–H groups in total. The van der Waals surface area contributed by atoms with Gasteiger partial charge in [-0.1, -0.05) is 57.5 Å². The van der Waals surface area contributed by atoms with E-state index in [2.05, 4.69) is 42.4 Å². The van der Waals surface area contributed by atoms with Gasteiger partial charge in [0, 0.05) is 42.6 Å². The van der Waals surface area contributed by atoms with E-state index in [1.54, 1.807) is 0 Å². The van der Waals surface area contributed by atoms with Gasteiger partial charge in [-0.15, -0.1) is 0 Å². The SMILES string of the molecule is O=C(NCc1cccc(CN2CCCC2=O)c1)C1CCCN(Cc2nc(-c3cccc(Br)c3)no2)C1. The quantitative estimate of drug-likeness (QED) is 0.452. The van der Waals surface area contributed by atoms with E-state index in [0.717, 1.165) is 53.5 Å². The lowest BCUT2D eigenvalue weighted by Gasteiger charge is -2.30. The second kappa shape index (κ2) is 11.3. The molecule has 9 heteroatoms. The van der Waals surface area contributed by atoms with Crippen LogP contribution >= 0.6 is 15.9 Å². The average Bonchev–Trinajstić information content (AvgIpc) is 3.52. The van der Waals surface area contributed by atoms with Gasteiger partial charge < -0.3 is 14.7 Å². The number of carbonyl (C=O) groups is 2. The Morgan fingerprint density at radius 1 is 1.08 bits per heavy atom. The minimum Gasteiger partial charge on any atom is -0.352 e. The number of nitrogens with zero attached hydrogens (tertiary/aromatic N) is 4. The first-order chi connectivity index (χ1) is 17.5. The van der Waals surface area contributed by atoms with Gasteiger partial charge in [-0.25, -0.2) is 0 Å². The zero-order valence-corrected chi connectivity index (χ0v) is 21.7. The number of aromatic nitrogens is 2. The number of halogens is 1. The summed E-state index contributed by atoms with van der Waals surface area (Å²) in [6.45, 7) is 4.04. The summed E-state index contributed by atoms with van der Waals surface area (Å²) in [6, 6.07) is 15.9. The molecule has 0 radical (unpaired) electrons. The molecule has 5 rings (SSSR count). The predicted octanol–water partition coefficient (Wildman–Crippen LogP) is 4.15. The Hall–Kier alpha value is -3.04. The summed E-state index contributed by atoms with van der Waals surface area (Å²) in [5.41, 5.74) is 3.04. The van der Waals surface area contributed by atoms with Crippen LogP contribution in [0.2, 0.25) is 0 Å². The van der Waals surface area contributed by atoms with Crippen LogP contribution in [0.1, 0.15) is 42.7 Å². The molecule has 2 fully saturated rings. The fourth-order valence-electron chi connectivity index (χ4n) is 4.93. The molecule has 0 saturated carbocycles. The summed E-state index contributed by atoms with van der Waals surface area (Å²) in [6.07, 6.45) is 3.40. The highest BCUT2D eigenvalue weighted by Gasteiger charge is 2.27. The molecule has 1 atom stereocenters. The summed E-state index contributed by atoms with van der Waals surface area (Å²) in [4.78, 5) is 33.5. The summed E-state index contributed by atoms with van der Waals surface area (Å²) in [7, 11) is 0. The maximum atomic E-state index is 13.0. The Balaban J connectivity index is 1.12. The van der Waals surface area contributed by atoms with Crippen molar-refractivity contribution in [3.05, 3.63) is 70.0 Å². The Morgan fingerprint density at radius 3 is 2.78 bits per heavy atom. The highest BCUT2D eigenvalue weighted by Crippen LogP contribution is 2.23. The molecule has 3 heterocycles. The van der Waals surface area contributed by atoms with Gasteiger partial charge in [0.2, 0.25) is 23.5 Å². The number of hydrogen-bond acceptors (Lipinski definition) is 6. The number of piperidine rings is 1. The van der Waals surface area contributed by atoms with Crippen molar-refractivity contribution in [3.8, 4) is 11.4 Å². The van der Waals surface area contributed by atoms with E-state index in [1.807, 2.05) is 47.4 Å². The van der Waals surface area contributed by atoms with E-state index in [9.17, 15) is 9.59 Å². The lowest BCUT2D eigenvalue weighted by atomic mass is 9.97. The molecule has 188 valence electrons. The predicted molar refractivity (Wildman–Crippen MR) is 138 cm³/mol. The first-order valence-electron chi connectivity index (χ1n) is 12.5. The number of benzene rings is 2. The standard InChI is InChI=1S/C27H30BrN5O3/c28-23-9-2-7-21(14-23)26-30-24(36-31-26)18-32-11-3-8-22(17-32)27(35)29-15-19-5-1-6-20(13-19)16-33-12-4-10-25(33)34/h1-2,5-7,9,13-14,22H,3-4,8,10-12,15-18H2,(H,29,35). The van der Waals surface area contributed by atoms with Crippen LogP contribution in [-0.4, -0.2) is 51.4 Å². The van der Waals surface area contributed by atoms with Gasteiger partial charge in [-0.05, 0) is 49.1 Å². The second-order valence-corrected chi connectivity index (χ2v) is 10.5. The molecule has 1 unspecified atom stereocenters. The zero-order valence-electron chi connectivity index (χ0n) is 20.2. The first-order valence-corrected chi connectivity index (χ1v) is 13.3. The van der Waals surface area contributed by atoms with Crippen molar-refractivity contribution >= 4 is 27.7 Å². The number of nitrogens with one attached hydrogen (secondary N) is 1. The minimum absolute atomic E-state index is 0.0696. The van der Waals surface area contributed by atoms with Crippen molar-refractivity contribution in [1.29, 1.82) is 0 Å². The maximum Gasteiger partial charge on any atom is 0.241 e. The Bertz CT molecular complexity index is 1230. The van der Waals surface area contributed by atoms with Gasteiger partial charge >= 0.3 is 0 Å². The van der Waals surface area contributed by atoms with E-state index in [0.29, 0.717) is 44.3 Å². The third-order valence-corrected chi connectivity index (χ3v) is 7.28. The molecule has 0 spiro atoms. The van der Waals surface area contributed by atoms with Gasteiger partial charge in [-0.2, -0.15) is 4.98 Å². The van der Waals surface area contributed by atoms with Crippen LogP contribution in [0, 0.1) is 5.92 Å². The molecule has 0 bridgehead atoms. The molecule has 1 aromatic heterocycles. The summed E-state index contributed by atoms with van der Waals surface area (Å²) < 4.78 is 6.45. The first kappa shape index (κ1) is 24.6. The summed E-state index contributed by atoms with van der Waals surface area (Å²) in [5.74, 6) is 1.34.